The van der Waals surface area contributed by atoms with Gasteiger partial charge in [-0.3, -0.25) is 0 Å². The Morgan fingerprint density at radius 3 is 1.07 bits per heavy atom. The molecule has 4 rings (SSSR count). The first-order valence-corrected chi connectivity index (χ1v) is 10.2. The molecule has 0 spiro atoms. The second kappa shape index (κ2) is 9.02. The van der Waals surface area contributed by atoms with E-state index in [-0.39, 0.29) is 18.0 Å². The normalized spacial score (nSPS) is 20.2. The Kier molecular flexibility index (Phi) is 6.02. The molecule has 3 aliphatic rings. The van der Waals surface area contributed by atoms with E-state index in [1.54, 1.807) is 0 Å². The summed E-state index contributed by atoms with van der Waals surface area (Å²) in [6.45, 7) is 0. The second-order valence-electron chi connectivity index (χ2n) is 7.24. The molecule has 0 radical (unpaired) electrons. The molecule has 3 aliphatic carbocycles. The number of hydrogen-bond acceptors (Lipinski definition) is 6. The van der Waals surface area contributed by atoms with E-state index in [0.29, 0.717) is 0 Å². The van der Waals surface area contributed by atoms with Crippen LogP contribution in [0, 0.1) is 0 Å². The minimum absolute atomic E-state index is 0.246. The van der Waals surface area contributed by atoms with Crippen molar-refractivity contribution in [3.8, 4) is 18.0 Å². The minimum Gasteiger partial charge on any atom is -0.429 e. The lowest BCUT2D eigenvalue weighted by Gasteiger charge is -2.16. The lowest BCUT2D eigenvalue weighted by Crippen LogP contribution is -2.09. The third kappa shape index (κ3) is 5.31. The highest BCUT2D eigenvalue weighted by molar-refractivity contribution is 5.16. The summed E-state index contributed by atoms with van der Waals surface area (Å²) in [6, 6.07) is 0.739. The molecule has 0 fully saturated rings. The Bertz CT molecular complexity index is 643. The van der Waals surface area contributed by atoms with Crippen molar-refractivity contribution in [3.05, 3.63) is 35.5 Å². The van der Waals surface area contributed by atoms with Crippen molar-refractivity contribution in [2.75, 3.05) is 0 Å². The van der Waals surface area contributed by atoms with Crippen LogP contribution in [0.3, 0.4) is 0 Å². The highest BCUT2D eigenvalue weighted by atomic mass is 16.5. The first-order chi connectivity index (χ1) is 13.3. The fourth-order valence-electron chi connectivity index (χ4n) is 3.51. The van der Waals surface area contributed by atoms with E-state index in [1.807, 2.05) is 0 Å². The monoisotopic (exact) mass is 369 g/mol. The van der Waals surface area contributed by atoms with E-state index in [0.717, 1.165) is 75.1 Å². The summed E-state index contributed by atoms with van der Waals surface area (Å²) in [5.41, 5.74) is 0. The summed E-state index contributed by atoms with van der Waals surface area (Å²) in [5, 5.41) is 0. The van der Waals surface area contributed by atoms with Crippen molar-refractivity contribution >= 4 is 0 Å². The van der Waals surface area contributed by atoms with Crippen molar-refractivity contribution in [2.45, 2.75) is 77.0 Å². The maximum atomic E-state index is 5.91. The van der Waals surface area contributed by atoms with Crippen LogP contribution in [0.2, 0.25) is 0 Å². The fourth-order valence-corrected chi connectivity index (χ4v) is 3.51. The summed E-state index contributed by atoms with van der Waals surface area (Å²) in [7, 11) is 0. The molecule has 1 heterocycles. The van der Waals surface area contributed by atoms with Gasteiger partial charge in [-0.1, -0.05) is 0 Å². The standard InChI is InChI=1S/C21H27N3O3/c1-4-10-16(11-5-1)25-19-22-20(26-17-12-6-2-7-13-17)24-21(23-19)27-18-14-8-3-9-15-18/h10,12,14H,1-9,11,13,15H2. The Balaban J connectivity index is 1.55. The number of aromatic nitrogens is 3. The molecule has 1 aromatic heterocycles. The van der Waals surface area contributed by atoms with Gasteiger partial charge >= 0.3 is 18.0 Å². The Morgan fingerprint density at radius 1 is 0.481 bits per heavy atom. The third-order valence-electron chi connectivity index (χ3n) is 4.99. The van der Waals surface area contributed by atoms with Gasteiger partial charge in [0, 0.05) is 19.3 Å². The van der Waals surface area contributed by atoms with Gasteiger partial charge in [0.2, 0.25) is 0 Å². The van der Waals surface area contributed by atoms with Gasteiger partial charge in [-0.15, -0.1) is 15.0 Å². The topological polar surface area (TPSA) is 66.4 Å². The molecule has 0 amide bonds. The SMILES string of the molecule is C1=C(Oc2nc(OC3=CCCCC3)nc(OC3=CCCCC3)n2)CCCC1. The fraction of sp³-hybridized carbons (Fsp3) is 0.571. The summed E-state index contributed by atoms with van der Waals surface area (Å²) in [6.07, 6.45) is 19.2. The van der Waals surface area contributed by atoms with Gasteiger partial charge in [-0.25, -0.2) is 0 Å². The smallest absolute Gasteiger partial charge is 0.331 e. The molecule has 0 saturated carbocycles. The van der Waals surface area contributed by atoms with Crippen LogP contribution in [-0.2, 0) is 0 Å². The first-order valence-electron chi connectivity index (χ1n) is 10.2. The zero-order chi connectivity index (χ0) is 18.3. The van der Waals surface area contributed by atoms with Crippen LogP contribution in [0.25, 0.3) is 0 Å². The molecule has 0 unspecified atom stereocenters. The summed E-state index contributed by atoms with van der Waals surface area (Å²) in [4.78, 5) is 13.1. The number of nitrogens with zero attached hydrogens (tertiary/aromatic N) is 3. The molecular weight excluding hydrogens is 342 g/mol. The highest BCUT2D eigenvalue weighted by Gasteiger charge is 2.17. The van der Waals surface area contributed by atoms with Crippen LogP contribution in [-0.4, -0.2) is 15.0 Å². The maximum Gasteiger partial charge on any atom is 0.331 e. The van der Waals surface area contributed by atoms with Crippen LogP contribution in [0.1, 0.15) is 77.0 Å². The van der Waals surface area contributed by atoms with Gasteiger partial charge in [-0.2, -0.15) is 0 Å². The largest absolute Gasteiger partial charge is 0.429 e. The quantitative estimate of drug-likeness (QED) is 0.670. The summed E-state index contributed by atoms with van der Waals surface area (Å²) in [5.74, 6) is 2.74. The van der Waals surface area contributed by atoms with Crippen molar-refractivity contribution in [1.82, 2.24) is 15.0 Å². The predicted molar refractivity (Wildman–Crippen MR) is 101 cm³/mol. The number of ether oxygens (including phenoxy) is 3. The minimum atomic E-state index is 0.246. The van der Waals surface area contributed by atoms with Gasteiger partial charge in [0.1, 0.15) is 17.3 Å². The van der Waals surface area contributed by atoms with Crippen LogP contribution >= 0.6 is 0 Å². The van der Waals surface area contributed by atoms with E-state index in [1.165, 1.54) is 19.3 Å². The average Bonchev–Trinajstić information content (AvgIpc) is 2.70. The zero-order valence-electron chi connectivity index (χ0n) is 15.8. The zero-order valence-corrected chi connectivity index (χ0v) is 15.8. The van der Waals surface area contributed by atoms with E-state index in [9.17, 15) is 0 Å². The van der Waals surface area contributed by atoms with Gasteiger partial charge in [-0.05, 0) is 76.0 Å². The van der Waals surface area contributed by atoms with Crippen LogP contribution in [0.15, 0.2) is 35.5 Å². The predicted octanol–water partition coefficient (Wildman–Crippen LogP) is 5.38. The van der Waals surface area contributed by atoms with Crippen molar-refractivity contribution in [2.24, 2.45) is 0 Å². The lowest BCUT2D eigenvalue weighted by molar-refractivity contribution is 0.295. The Morgan fingerprint density at radius 2 is 0.815 bits per heavy atom. The third-order valence-corrected chi connectivity index (χ3v) is 4.99. The van der Waals surface area contributed by atoms with Crippen LogP contribution in [0.4, 0.5) is 0 Å². The molecule has 6 heteroatoms. The molecule has 0 aromatic carbocycles. The van der Waals surface area contributed by atoms with Crippen LogP contribution < -0.4 is 14.2 Å². The molecule has 0 aliphatic heterocycles. The van der Waals surface area contributed by atoms with E-state index in [2.05, 4.69) is 33.2 Å². The second-order valence-corrected chi connectivity index (χ2v) is 7.24. The van der Waals surface area contributed by atoms with Crippen molar-refractivity contribution in [3.63, 3.8) is 0 Å². The summed E-state index contributed by atoms with van der Waals surface area (Å²) < 4.78 is 17.7. The van der Waals surface area contributed by atoms with Gasteiger partial charge in [0.05, 0.1) is 0 Å². The molecule has 0 bridgehead atoms. The molecule has 144 valence electrons. The lowest BCUT2D eigenvalue weighted by atomic mass is 10.1. The molecule has 27 heavy (non-hydrogen) atoms. The number of allylic oxidation sites excluding steroid dienone is 6. The molecule has 1 aromatic rings. The van der Waals surface area contributed by atoms with Gasteiger partial charge < -0.3 is 14.2 Å². The van der Waals surface area contributed by atoms with Crippen molar-refractivity contribution < 1.29 is 14.2 Å². The van der Waals surface area contributed by atoms with Crippen LogP contribution in [0.5, 0.6) is 18.0 Å². The highest BCUT2D eigenvalue weighted by Crippen LogP contribution is 2.27. The molecule has 0 N–H and O–H groups in total. The first kappa shape index (κ1) is 18.0. The average molecular weight is 369 g/mol. The van der Waals surface area contributed by atoms with E-state index in [4.69, 9.17) is 14.2 Å². The number of hydrogen-bond donors (Lipinski definition) is 0. The van der Waals surface area contributed by atoms with Crippen molar-refractivity contribution in [1.29, 1.82) is 0 Å². The Labute approximate surface area is 160 Å². The Hall–Kier alpha value is -2.37. The van der Waals surface area contributed by atoms with Gasteiger partial charge in [0.25, 0.3) is 0 Å². The summed E-state index contributed by atoms with van der Waals surface area (Å²) >= 11 is 0. The molecular formula is C21H27N3O3. The molecule has 0 saturated heterocycles. The van der Waals surface area contributed by atoms with E-state index < -0.39 is 0 Å². The maximum absolute atomic E-state index is 5.91. The molecule has 0 atom stereocenters. The van der Waals surface area contributed by atoms with E-state index >= 15 is 0 Å². The molecule has 6 nitrogen and oxygen atoms in total. The van der Waals surface area contributed by atoms with Gasteiger partial charge in [0.15, 0.2) is 0 Å². The number of rotatable bonds is 6.